The predicted molar refractivity (Wildman–Crippen MR) is 87.5 cm³/mol. The monoisotopic (exact) mass is 356 g/mol. The fourth-order valence-electron chi connectivity index (χ4n) is 2.97. The second-order valence-corrected chi connectivity index (χ2v) is 7.40. The number of thioether (sulfide) groups is 1. The molecule has 1 aliphatic carbocycles. The van der Waals surface area contributed by atoms with Crippen molar-refractivity contribution in [3.8, 4) is 11.5 Å². The molecule has 1 heterocycles. The molecule has 1 aliphatic heterocycles. The van der Waals surface area contributed by atoms with Crippen LogP contribution in [0.2, 0.25) is 0 Å². The molecule has 2 aliphatic rings. The van der Waals surface area contributed by atoms with Crippen LogP contribution in [0, 0.1) is 5.41 Å². The zero-order chi connectivity index (χ0) is 13.8. The van der Waals surface area contributed by atoms with Crippen molar-refractivity contribution in [1.29, 1.82) is 0 Å². The van der Waals surface area contributed by atoms with Gasteiger partial charge in [0.2, 0.25) is 0 Å². The summed E-state index contributed by atoms with van der Waals surface area (Å²) in [6.45, 7) is 1.32. The molecule has 0 N–H and O–H groups in total. The summed E-state index contributed by atoms with van der Waals surface area (Å²) in [5, 5.41) is 1.12. The third-order valence-electron chi connectivity index (χ3n) is 4.26. The van der Waals surface area contributed by atoms with E-state index in [0.717, 1.165) is 16.8 Å². The van der Waals surface area contributed by atoms with Gasteiger partial charge in [-0.05, 0) is 36.5 Å². The highest BCUT2D eigenvalue weighted by atomic mass is 79.9. The molecule has 0 saturated heterocycles. The standard InChI is InChI=1S/C16H21BrO2S/c17-11-16(6-2-1-3-7-16)12-20-13-4-5-14-15(10-13)19-9-8-18-14/h4-5,10H,1-3,6-9,11-12H2. The normalized spacial score (nSPS) is 20.6. The summed E-state index contributed by atoms with van der Waals surface area (Å²) >= 11 is 5.70. The van der Waals surface area contributed by atoms with Crippen LogP contribution in [0.25, 0.3) is 0 Å². The lowest BCUT2D eigenvalue weighted by molar-refractivity contribution is 0.171. The van der Waals surface area contributed by atoms with Crippen LogP contribution in [0.5, 0.6) is 11.5 Å². The van der Waals surface area contributed by atoms with E-state index in [1.165, 1.54) is 42.8 Å². The summed E-state index contributed by atoms with van der Waals surface area (Å²) in [4.78, 5) is 1.29. The van der Waals surface area contributed by atoms with Crippen molar-refractivity contribution in [3.05, 3.63) is 18.2 Å². The minimum Gasteiger partial charge on any atom is -0.486 e. The van der Waals surface area contributed by atoms with E-state index in [4.69, 9.17) is 9.47 Å². The summed E-state index contributed by atoms with van der Waals surface area (Å²) in [7, 11) is 0. The second kappa shape index (κ2) is 6.61. The molecule has 0 unspecified atom stereocenters. The molecular weight excluding hydrogens is 336 g/mol. The van der Waals surface area contributed by atoms with Gasteiger partial charge in [-0.25, -0.2) is 0 Å². The molecular formula is C16H21BrO2S. The maximum absolute atomic E-state index is 5.66. The molecule has 0 radical (unpaired) electrons. The van der Waals surface area contributed by atoms with Gasteiger partial charge in [0, 0.05) is 16.0 Å². The topological polar surface area (TPSA) is 18.5 Å². The first-order valence-electron chi connectivity index (χ1n) is 7.40. The second-order valence-electron chi connectivity index (χ2n) is 5.79. The van der Waals surface area contributed by atoms with Gasteiger partial charge in [-0.3, -0.25) is 0 Å². The molecule has 0 atom stereocenters. The van der Waals surface area contributed by atoms with Crippen LogP contribution in [-0.2, 0) is 0 Å². The first kappa shape index (κ1) is 14.6. The highest BCUT2D eigenvalue weighted by Crippen LogP contribution is 2.43. The highest BCUT2D eigenvalue weighted by Gasteiger charge is 2.31. The summed E-state index contributed by atoms with van der Waals surface area (Å²) in [6, 6.07) is 6.32. The molecule has 3 rings (SSSR count). The molecule has 1 saturated carbocycles. The van der Waals surface area contributed by atoms with Gasteiger partial charge in [0.1, 0.15) is 13.2 Å². The summed E-state index contributed by atoms with van der Waals surface area (Å²) in [6.07, 6.45) is 6.88. The molecule has 0 bridgehead atoms. The number of hydrogen-bond donors (Lipinski definition) is 0. The molecule has 0 spiro atoms. The SMILES string of the molecule is BrCC1(CSc2ccc3c(c2)OCCO3)CCCCC1. The largest absolute Gasteiger partial charge is 0.486 e. The zero-order valence-electron chi connectivity index (χ0n) is 11.7. The van der Waals surface area contributed by atoms with Crippen molar-refractivity contribution in [2.45, 2.75) is 37.0 Å². The van der Waals surface area contributed by atoms with Crippen molar-refractivity contribution >= 4 is 27.7 Å². The number of rotatable bonds is 4. The lowest BCUT2D eigenvalue weighted by Gasteiger charge is -2.35. The fraction of sp³-hybridized carbons (Fsp3) is 0.625. The molecule has 110 valence electrons. The Morgan fingerprint density at radius 3 is 2.55 bits per heavy atom. The minimum atomic E-state index is 0.482. The Morgan fingerprint density at radius 1 is 1.05 bits per heavy atom. The Hall–Kier alpha value is -0.350. The van der Waals surface area contributed by atoms with E-state index in [-0.39, 0.29) is 0 Å². The fourth-order valence-corrected chi connectivity index (χ4v) is 5.21. The smallest absolute Gasteiger partial charge is 0.162 e. The third kappa shape index (κ3) is 3.28. The van der Waals surface area contributed by atoms with Gasteiger partial charge >= 0.3 is 0 Å². The lowest BCUT2D eigenvalue weighted by atomic mass is 9.77. The number of fused-ring (bicyclic) bond motifs is 1. The van der Waals surface area contributed by atoms with E-state index in [1.807, 2.05) is 17.8 Å². The number of ether oxygens (including phenoxy) is 2. The predicted octanol–water partition coefficient (Wildman–Crippen LogP) is 4.90. The minimum absolute atomic E-state index is 0.482. The zero-order valence-corrected chi connectivity index (χ0v) is 14.1. The molecule has 0 amide bonds. The van der Waals surface area contributed by atoms with E-state index >= 15 is 0 Å². The van der Waals surface area contributed by atoms with Gasteiger partial charge in [0.15, 0.2) is 11.5 Å². The van der Waals surface area contributed by atoms with Crippen molar-refractivity contribution in [2.75, 3.05) is 24.3 Å². The van der Waals surface area contributed by atoms with Crippen molar-refractivity contribution < 1.29 is 9.47 Å². The van der Waals surface area contributed by atoms with E-state index < -0.39 is 0 Å². The third-order valence-corrected chi connectivity index (χ3v) is 6.79. The average molecular weight is 357 g/mol. The van der Waals surface area contributed by atoms with Crippen LogP contribution in [0.4, 0.5) is 0 Å². The van der Waals surface area contributed by atoms with Gasteiger partial charge in [-0.2, -0.15) is 0 Å². The molecule has 1 fully saturated rings. The summed E-state index contributed by atoms with van der Waals surface area (Å²) < 4.78 is 11.2. The summed E-state index contributed by atoms with van der Waals surface area (Å²) in [5.41, 5.74) is 0.482. The Labute approximate surface area is 133 Å². The van der Waals surface area contributed by atoms with Crippen LogP contribution in [0.1, 0.15) is 32.1 Å². The van der Waals surface area contributed by atoms with Crippen LogP contribution in [0.15, 0.2) is 23.1 Å². The Morgan fingerprint density at radius 2 is 1.80 bits per heavy atom. The first-order valence-corrected chi connectivity index (χ1v) is 9.50. The van der Waals surface area contributed by atoms with Crippen molar-refractivity contribution in [3.63, 3.8) is 0 Å². The molecule has 2 nitrogen and oxygen atoms in total. The molecule has 1 aromatic carbocycles. The Bertz CT molecular complexity index is 458. The number of halogens is 1. The van der Waals surface area contributed by atoms with Gasteiger partial charge in [0.05, 0.1) is 0 Å². The van der Waals surface area contributed by atoms with Crippen LogP contribution in [-0.4, -0.2) is 24.3 Å². The van der Waals surface area contributed by atoms with Gasteiger partial charge in [-0.1, -0.05) is 35.2 Å². The van der Waals surface area contributed by atoms with E-state index in [2.05, 4.69) is 28.1 Å². The number of alkyl halides is 1. The maximum Gasteiger partial charge on any atom is 0.162 e. The molecule has 1 aromatic rings. The van der Waals surface area contributed by atoms with Crippen molar-refractivity contribution in [1.82, 2.24) is 0 Å². The lowest BCUT2D eigenvalue weighted by Crippen LogP contribution is -2.28. The molecule has 20 heavy (non-hydrogen) atoms. The van der Waals surface area contributed by atoms with Crippen LogP contribution in [0.3, 0.4) is 0 Å². The van der Waals surface area contributed by atoms with E-state index in [1.54, 1.807) is 0 Å². The number of hydrogen-bond acceptors (Lipinski definition) is 3. The molecule has 0 aromatic heterocycles. The van der Waals surface area contributed by atoms with Crippen LogP contribution >= 0.6 is 27.7 Å². The van der Waals surface area contributed by atoms with Crippen LogP contribution < -0.4 is 9.47 Å². The van der Waals surface area contributed by atoms with Crippen molar-refractivity contribution in [2.24, 2.45) is 5.41 Å². The quantitative estimate of drug-likeness (QED) is 0.564. The summed E-state index contributed by atoms with van der Waals surface area (Å²) in [5.74, 6) is 2.98. The highest BCUT2D eigenvalue weighted by molar-refractivity contribution is 9.09. The van der Waals surface area contributed by atoms with E-state index in [0.29, 0.717) is 18.6 Å². The molecule has 4 heteroatoms. The van der Waals surface area contributed by atoms with Gasteiger partial charge in [0.25, 0.3) is 0 Å². The first-order chi connectivity index (χ1) is 9.81. The Kier molecular flexibility index (Phi) is 4.82. The maximum atomic E-state index is 5.66. The average Bonchev–Trinajstić information content (AvgIpc) is 2.54. The van der Waals surface area contributed by atoms with Gasteiger partial charge < -0.3 is 9.47 Å². The Balaban J connectivity index is 1.65. The van der Waals surface area contributed by atoms with E-state index in [9.17, 15) is 0 Å². The number of benzene rings is 1. The van der Waals surface area contributed by atoms with Gasteiger partial charge in [-0.15, -0.1) is 11.8 Å².